The number of hydrogen-bond donors (Lipinski definition) is 2. The van der Waals surface area contributed by atoms with Crippen LogP contribution in [0, 0.1) is 0 Å². The second-order valence-corrected chi connectivity index (χ2v) is 6.92. The van der Waals surface area contributed by atoms with E-state index in [-0.39, 0.29) is 6.03 Å². The molecule has 4 rings (SSSR count). The van der Waals surface area contributed by atoms with Crippen molar-refractivity contribution >= 4 is 17.4 Å². The lowest BCUT2D eigenvalue weighted by atomic mass is 10.1. The van der Waals surface area contributed by atoms with E-state index in [1.807, 2.05) is 36.4 Å². The molecule has 0 atom stereocenters. The van der Waals surface area contributed by atoms with Gasteiger partial charge in [0.25, 0.3) is 0 Å². The van der Waals surface area contributed by atoms with Crippen LogP contribution in [-0.2, 0) is 19.6 Å². The molecule has 28 heavy (non-hydrogen) atoms. The molecule has 0 saturated heterocycles. The summed E-state index contributed by atoms with van der Waals surface area (Å²) in [5, 5.41) is 5.75. The quantitative estimate of drug-likeness (QED) is 0.672. The van der Waals surface area contributed by atoms with Gasteiger partial charge in [0.1, 0.15) is 5.75 Å². The first-order chi connectivity index (χ1) is 13.7. The zero-order chi connectivity index (χ0) is 19.3. The number of carbonyl (C=O) groups is 1. The molecule has 0 aliphatic carbocycles. The second-order valence-electron chi connectivity index (χ2n) is 6.92. The Bertz CT molecular complexity index is 955. The van der Waals surface area contributed by atoms with Gasteiger partial charge in [-0.2, -0.15) is 0 Å². The molecule has 2 amide bonds. The van der Waals surface area contributed by atoms with Crippen molar-refractivity contribution in [1.29, 1.82) is 0 Å². The molecule has 1 heterocycles. The van der Waals surface area contributed by atoms with E-state index < -0.39 is 0 Å². The lowest BCUT2D eigenvalue weighted by Crippen LogP contribution is -2.19. The average Bonchev–Trinajstić information content (AvgIpc) is 3.10. The molecule has 3 aromatic carbocycles. The molecule has 0 fully saturated rings. The van der Waals surface area contributed by atoms with E-state index in [1.54, 1.807) is 7.11 Å². The minimum atomic E-state index is -0.260. The van der Waals surface area contributed by atoms with Crippen LogP contribution in [-0.4, -0.2) is 18.0 Å². The van der Waals surface area contributed by atoms with E-state index in [0.717, 1.165) is 31.1 Å². The third kappa shape index (κ3) is 4.32. The van der Waals surface area contributed by atoms with E-state index in [2.05, 4.69) is 51.9 Å². The van der Waals surface area contributed by atoms with Gasteiger partial charge in [-0.25, -0.2) is 4.79 Å². The van der Waals surface area contributed by atoms with Gasteiger partial charge in [0.2, 0.25) is 0 Å². The van der Waals surface area contributed by atoms with Crippen LogP contribution in [0.25, 0.3) is 0 Å². The molecule has 5 heteroatoms. The average molecular weight is 373 g/mol. The standard InChI is InChI=1S/C23H23N3O2/c1-28-22-11-9-20(10-12-22)24-23(27)25-21-8-7-18-15-26(16-19(18)13-21)14-17-5-3-2-4-6-17/h2-13H,14-16H2,1H3,(H2,24,25,27). The van der Waals surface area contributed by atoms with Gasteiger partial charge in [-0.1, -0.05) is 36.4 Å². The number of nitrogens with zero attached hydrogens (tertiary/aromatic N) is 1. The molecule has 5 nitrogen and oxygen atoms in total. The summed E-state index contributed by atoms with van der Waals surface area (Å²) in [7, 11) is 1.62. The maximum atomic E-state index is 12.3. The lowest BCUT2D eigenvalue weighted by Gasteiger charge is -2.14. The van der Waals surface area contributed by atoms with Gasteiger partial charge in [0.05, 0.1) is 7.11 Å². The van der Waals surface area contributed by atoms with Gasteiger partial charge >= 0.3 is 6.03 Å². The number of methoxy groups -OCH3 is 1. The van der Waals surface area contributed by atoms with Crippen molar-refractivity contribution in [1.82, 2.24) is 4.90 Å². The van der Waals surface area contributed by atoms with Crippen molar-refractivity contribution in [2.24, 2.45) is 0 Å². The third-order valence-corrected chi connectivity index (χ3v) is 4.85. The maximum absolute atomic E-state index is 12.3. The predicted octanol–water partition coefficient (Wildman–Crippen LogP) is 4.86. The van der Waals surface area contributed by atoms with Gasteiger partial charge in [-0.05, 0) is 53.1 Å². The van der Waals surface area contributed by atoms with Gasteiger partial charge in [0.15, 0.2) is 0 Å². The van der Waals surface area contributed by atoms with E-state index in [0.29, 0.717) is 5.69 Å². The van der Waals surface area contributed by atoms with Crippen LogP contribution < -0.4 is 15.4 Å². The monoisotopic (exact) mass is 373 g/mol. The Morgan fingerprint density at radius 3 is 2.32 bits per heavy atom. The summed E-state index contributed by atoms with van der Waals surface area (Å²) in [6, 6.07) is 23.6. The summed E-state index contributed by atoms with van der Waals surface area (Å²) in [5.74, 6) is 0.754. The van der Waals surface area contributed by atoms with Crippen molar-refractivity contribution in [2.45, 2.75) is 19.6 Å². The van der Waals surface area contributed by atoms with E-state index in [1.165, 1.54) is 16.7 Å². The molecule has 0 radical (unpaired) electrons. The van der Waals surface area contributed by atoms with Gasteiger partial charge in [0, 0.05) is 31.0 Å². The molecule has 2 N–H and O–H groups in total. The molecule has 0 aromatic heterocycles. The molecule has 142 valence electrons. The van der Waals surface area contributed by atoms with Crippen LogP contribution >= 0.6 is 0 Å². The summed E-state index contributed by atoms with van der Waals surface area (Å²) in [6.45, 7) is 2.75. The van der Waals surface area contributed by atoms with Crippen LogP contribution in [0.2, 0.25) is 0 Å². The number of carbonyl (C=O) groups excluding carboxylic acids is 1. The first-order valence-corrected chi connectivity index (χ1v) is 9.30. The number of hydrogen-bond acceptors (Lipinski definition) is 3. The highest BCUT2D eigenvalue weighted by atomic mass is 16.5. The van der Waals surface area contributed by atoms with Gasteiger partial charge in [-0.15, -0.1) is 0 Å². The van der Waals surface area contributed by atoms with Gasteiger partial charge in [-0.3, -0.25) is 4.90 Å². The number of urea groups is 1. The normalized spacial score (nSPS) is 13.0. The summed E-state index contributed by atoms with van der Waals surface area (Å²) in [5.41, 5.74) is 5.41. The lowest BCUT2D eigenvalue weighted by molar-refractivity contribution is 0.262. The van der Waals surface area contributed by atoms with Crippen LogP contribution in [0.3, 0.4) is 0 Å². The minimum absolute atomic E-state index is 0.260. The summed E-state index contributed by atoms with van der Waals surface area (Å²) < 4.78 is 5.13. The summed E-state index contributed by atoms with van der Waals surface area (Å²) in [6.07, 6.45) is 0. The highest BCUT2D eigenvalue weighted by Gasteiger charge is 2.19. The zero-order valence-corrected chi connectivity index (χ0v) is 15.8. The predicted molar refractivity (Wildman–Crippen MR) is 111 cm³/mol. The number of anilines is 2. The Balaban J connectivity index is 1.36. The third-order valence-electron chi connectivity index (χ3n) is 4.85. The smallest absolute Gasteiger partial charge is 0.323 e. The van der Waals surface area contributed by atoms with E-state index in [4.69, 9.17) is 4.74 Å². The molecule has 1 aliphatic rings. The molecule has 0 bridgehead atoms. The van der Waals surface area contributed by atoms with Crippen LogP contribution in [0.1, 0.15) is 16.7 Å². The number of rotatable bonds is 5. The van der Waals surface area contributed by atoms with Crippen molar-refractivity contribution < 1.29 is 9.53 Å². The highest BCUT2D eigenvalue weighted by Crippen LogP contribution is 2.27. The number of benzene rings is 3. The minimum Gasteiger partial charge on any atom is -0.497 e. The topological polar surface area (TPSA) is 53.6 Å². The Kier molecular flexibility index (Phi) is 5.26. The maximum Gasteiger partial charge on any atom is 0.323 e. The van der Waals surface area contributed by atoms with Crippen molar-refractivity contribution in [3.8, 4) is 5.75 Å². The number of ether oxygens (including phenoxy) is 1. The van der Waals surface area contributed by atoms with E-state index in [9.17, 15) is 4.79 Å². The molecule has 0 unspecified atom stereocenters. The van der Waals surface area contributed by atoms with Crippen molar-refractivity contribution in [3.05, 3.63) is 89.5 Å². The summed E-state index contributed by atoms with van der Waals surface area (Å²) in [4.78, 5) is 14.7. The molecule has 0 spiro atoms. The van der Waals surface area contributed by atoms with Crippen LogP contribution in [0.4, 0.5) is 16.2 Å². The van der Waals surface area contributed by atoms with Crippen LogP contribution in [0.15, 0.2) is 72.8 Å². The fraction of sp³-hybridized carbons (Fsp3) is 0.174. The van der Waals surface area contributed by atoms with Crippen molar-refractivity contribution in [3.63, 3.8) is 0 Å². The molecule has 3 aromatic rings. The highest BCUT2D eigenvalue weighted by molar-refractivity contribution is 5.99. The molecular formula is C23H23N3O2. The molecular weight excluding hydrogens is 350 g/mol. The SMILES string of the molecule is COc1ccc(NC(=O)Nc2ccc3c(c2)CN(Cc2ccccc2)C3)cc1. The van der Waals surface area contributed by atoms with Crippen molar-refractivity contribution in [2.75, 3.05) is 17.7 Å². The van der Waals surface area contributed by atoms with Gasteiger partial charge < -0.3 is 15.4 Å². The Hall–Kier alpha value is -3.31. The number of amides is 2. The first-order valence-electron chi connectivity index (χ1n) is 9.30. The molecule has 0 saturated carbocycles. The van der Waals surface area contributed by atoms with Crippen LogP contribution in [0.5, 0.6) is 5.75 Å². The first kappa shape index (κ1) is 18.1. The number of fused-ring (bicyclic) bond motifs is 1. The number of nitrogens with one attached hydrogen (secondary N) is 2. The van der Waals surface area contributed by atoms with E-state index >= 15 is 0 Å². The largest absolute Gasteiger partial charge is 0.497 e. The Labute approximate surface area is 164 Å². The zero-order valence-electron chi connectivity index (χ0n) is 15.8. The Morgan fingerprint density at radius 1 is 0.893 bits per heavy atom. The Morgan fingerprint density at radius 2 is 1.57 bits per heavy atom. The molecule has 1 aliphatic heterocycles. The fourth-order valence-electron chi connectivity index (χ4n) is 3.46. The second kappa shape index (κ2) is 8.15. The fourth-order valence-corrected chi connectivity index (χ4v) is 3.46. The summed E-state index contributed by atoms with van der Waals surface area (Å²) >= 11 is 0.